The van der Waals surface area contributed by atoms with Crippen LogP contribution in [0.1, 0.15) is 19.3 Å². The van der Waals surface area contributed by atoms with Crippen molar-refractivity contribution < 1.29 is 8.42 Å². The van der Waals surface area contributed by atoms with Crippen LogP contribution in [0.5, 0.6) is 0 Å². The van der Waals surface area contributed by atoms with Gasteiger partial charge in [-0.25, -0.2) is 8.42 Å². The van der Waals surface area contributed by atoms with Gasteiger partial charge in [0, 0.05) is 43.6 Å². The normalized spacial score (nSPS) is 12.0. The van der Waals surface area contributed by atoms with E-state index in [4.69, 9.17) is 11.5 Å². The Bertz CT molecular complexity index is 821. The number of unbranched alkanes of at least 4 members (excludes halogenated alkanes) is 1. The molecule has 0 aromatic heterocycles. The molecule has 144 valence electrons. The molecule has 2 rings (SSSR count). The number of rotatable bonds is 10. The summed E-state index contributed by atoms with van der Waals surface area (Å²) < 4.78 is 28.3. The topological polar surface area (TPSA) is 92.7 Å². The highest BCUT2D eigenvalue weighted by molar-refractivity contribution is 7.89. The molecule has 0 atom stereocenters. The van der Waals surface area contributed by atoms with Crippen LogP contribution in [0.3, 0.4) is 0 Å². The van der Waals surface area contributed by atoms with Crippen LogP contribution in [-0.2, 0) is 10.0 Å². The van der Waals surface area contributed by atoms with E-state index < -0.39 is 10.0 Å². The molecule has 0 spiro atoms. The van der Waals surface area contributed by atoms with Gasteiger partial charge in [-0.3, -0.25) is 0 Å². The molecule has 0 bridgehead atoms. The van der Waals surface area contributed by atoms with Gasteiger partial charge in [0.05, 0.1) is 4.90 Å². The number of anilines is 1. The van der Waals surface area contributed by atoms with Gasteiger partial charge < -0.3 is 16.4 Å². The minimum absolute atomic E-state index is 0.350. The molecule has 0 radical (unpaired) electrons. The lowest BCUT2D eigenvalue weighted by atomic mass is 10.1. The summed E-state index contributed by atoms with van der Waals surface area (Å²) in [6, 6.07) is 11.2. The molecule has 2 aromatic rings. The van der Waals surface area contributed by atoms with E-state index in [9.17, 15) is 8.42 Å². The van der Waals surface area contributed by atoms with E-state index in [2.05, 4.69) is 0 Å². The first-order valence-electron chi connectivity index (χ1n) is 9.03. The number of nitrogens with two attached hydrogens (primary N) is 2. The first kappa shape index (κ1) is 20.6. The van der Waals surface area contributed by atoms with Gasteiger partial charge in [-0.1, -0.05) is 24.3 Å². The molecule has 4 N–H and O–H groups in total. The van der Waals surface area contributed by atoms with E-state index in [1.807, 2.05) is 49.3 Å². The Labute approximate surface area is 156 Å². The first-order valence-corrected chi connectivity index (χ1v) is 10.5. The molecule has 26 heavy (non-hydrogen) atoms. The molecule has 0 heterocycles. The van der Waals surface area contributed by atoms with Gasteiger partial charge in [-0.15, -0.1) is 0 Å². The Kier molecular flexibility index (Phi) is 7.40. The fourth-order valence-electron chi connectivity index (χ4n) is 3.07. The number of hydrogen-bond acceptors (Lipinski definition) is 5. The zero-order chi connectivity index (χ0) is 19.2. The molecule has 2 aromatic carbocycles. The van der Waals surface area contributed by atoms with Crippen molar-refractivity contribution in [3.63, 3.8) is 0 Å². The van der Waals surface area contributed by atoms with Crippen LogP contribution >= 0.6 is 0 Å². The predicted octanol–water partition coefficient (Wildman–Crippen LogP) is 1.98. The van der Waals surface area contributed by atoms with Crippen LogP contribution in [0.25, 0.3) is 10.8 Å². The smallest absolute Gasteiger partial charge is 0.243 e. The second-order valence-electron chi connectivity index (χ2n) is 6.56. The van der Waals surface area contributed by atoms with Crippen molar-refractivity contribution in [1.29, 1.82) is 0 Å². The monoisotopic (exact) mass is 378 g/mol. The summed E-state index contributed by atoms with van der Waals surface area (Å²) in [5, 5.41) is 1.68. The van der Waals surface area contributed by atoms with Crippen molar-refractivity contribution in [2.24, 2.45) is 11.5 Å². The van der Waals surface area contributed by atoms with Gasteiger partial charge in [0.2, 0.25) is 10.0 Å². The molecule has 0 aliphatic carbocycles. The highest BCUT2D eigenvalue weighted by atomic mass is 32.2. The number of fused-ring (bicyclic) bond motifs is 1. The zero-order valence-electron chi connectivity index (χ0n) is 15.7. The minimum atomic E-state index is -3.60. The van der Waals surface area contributed by atoms with Crippen molar-refractivity contribution in [2.45, 2.75) is 24.2 Å². The number of benzene rings is 2. The van der Waals surface area contributed by atoms with Gasteiger partial charge in [-0.2, -0.15) is 4.31 Å². The lowest BCUT2D eigenvalue weighted by Gasteiger charge is -2.23. The van der Waals surface area contributed by atoms with Crippen LogP contribution < -0.4 is 16.4 Å². The van der Waals surface area contributed by atoms with E-state index in [0.29, 0.717) is 37.5 Å². The average molecular weight is 379 g/mol. The molecular formula is C19H30N4O2S. The molecule has 0 fully saturated rings. The van der Waals surface area contributed by atoms with E-state index in [1.165, 1.54) is 0 Å². The van der Waals surface area contributed by atoms with Gasteiger partial charge in [0.25, 0.3) is 0 Å². The zero-order valence-corrected chi connectivity index (χ0v) is 16.5. The molecule has 7 heteroatoms. The maximum absolute atomic E-state index is 13.4. The minimum Gasteiger partial charge on any atom is -0.377 e. The molecular weight excluding hydrogens is 348 g/mol. The second kappa shape index (κ2) is 9.32. The lowest BCUT2D eigenvalue weighted by molar-refractivity contribution is 0.397. The van der Waals surface area contributed by atoms with Gasteiger partial charge in [0.1, 0.15) is 0 Å². The van der Waals surface area contributed by atoms with Crippen molar-refractivity contribution in [2.75, 3.05) is 45.2 Å². The summed E-state index contributed by atoms with van der Waals surface area (Å²) in [5.41, 5.74) is 12.2. The third-order valence-corrected chi connectivity index (χ3v) is 6.39. The summed E-state index contributed by atoms with van der Waals surface area (Å²) in [6.07, 6.45) is 2.18. The molecule has 0 saturated heterocycles. The fourth-order valence-corrected chi connectivity index (χ4v) is 4.79. The standard InChI is InChI=1S/C19H30N4O2S/c1-22(2)18-10-5-9-17-16(18)8-6-11-19(17)26(24,25)23(15-7-13-21)14-4-3-12-20/h5-6,8-11H,3-4,7,12-15,20-21H2,1-2H3. The molecule has 0 amide bonds. The molecule has 6 nitrogen and oxygen atoms in total. The van der Waals surface area contributed by atoms with E-state index in [1.54, 1.807) is 10.4 Å². The van der Waals surface area contributed by atoms with Gasteiger partial charge in [-0.05, 0) is 44.5 Å². The van der Waals surface area contributed by atoms with Gasteiger partial charge >= 0.3 is 0 Å². The largest absolute Gasteiger partial charge is 0.377 e. The highest BCUT2D eigenvalue weighted by Gasteiger charge is 2.26. The van der Waals surface area contributed by atoms with Crippen molar-refractivity contribution >= 4 is 26.5 Å². The van der Waals surface area contributed by atoms with Crippen LogP contribution in [0.2, 0.25) is 0 Å². The third kappa shape index (κ3) is 4.54. The highest BCUT2D eigenvalue weighted by Crippen LogP contribution is 2.31. The maximum Gasteiger partial charge on any atom is 0.243 e. The van der Waals surface area contributed by atoms with Gasteiger partial charge in [0.15, 0.2) is 0 Å². The van der Waals surface area contributed by atoms with E-state index in [-0.39, 0.29) is 0 Å². The maximum atomic E-state index is 13.4. The van der Waals surface area contributed by atoms with E-state index >= 15 is 0 Å². The second-order valence-corrected chi connectivity index (χ2v) is 8.47. The van der Waals surface area contributed by atoms with Crippen LogP contribution in [-0.4, -0.2) is 53.0 Å². The summed E-state index contributed by atoms with van der Waals surface area (Å²) >= 11 is 0. The third-order valence-electron chi connectivity index (χ3n) is 4.43. The first-order chi connectivity index (χ1) is 12.4. The number of sulfonamides is 1. The Morgan fingerprint density at radius 2 is 1.46 bits per heavy atom. The summed E-state index contributed by atoms with van der Waals surface area (Å²) in [5.74, 6) is 0. The SMILES string of the molecule is CN(C)c1cccc2c(S(=O)(=O)N(CCCN)CCCCN)cccc12. The summed E-state index contributed by atoms with van der Waals surface area (Å²) in [7, 11) is 0.305. The Hall–Kier alpha value is -1.67. The molecule has 0 aliphatic heterocycles. The van der Waals surface area contributed by atoms with Crippen LogP contribution in [0.15, 0.2) is 41.3 Å². The Morgan fingerprint density at radius 1 is 0.846 bits per heavy atom. The predicted molar refractivity (Wildman–Crippen MR) is 109 cm³/mol. The molecule has 0 saturated carbocycles. The molecule has 0 unspecified atom stereocenters. The van der Waals surface area contributed by atoms with Crippen molar-refractivity contribution in [3.05, 3.63) is 36.4 Å². The molecule has 0 aliphatic rings. The summed E-state index contributed by atoms with van der Waals surface area (Å²) in [4.78, 5) is 2.34. The van der Waals surface area contributed by atoms with Crippen LogP contribution in [0, 0.1) is 0 Å². The Morgan fingerprint density at radius 3 is 2.12 bits per heavy atom. The fraction of sp³-hybridized carbons (Fsp3) is 0.474. The Balaban J connectivity index is 2.50. The van der Waals surface area contributed by atoms with Crippen LogP contribution in [0.4, 0.5) is 5.69 Å². The number of nitrogens with zero attached hydrogens (tertiary/aromatic N) is 2. The lowest BCUT2D eigenvalue weighted by Crippen LogP contribution is -2.34. The average Bonchev–Trinajstić information content (AvgIpc) is 2.63. The quantitative estimate of drug-likeness (QED) is 0.617. The van der Waals surface area contributed by atoms with E-state index in [0.717, 1.165) is 29.3 Å². The number of hydrogen-bond donors (Lipinski definition) is 2. The summed E-state index contributed by atoms with van der Waals surface area (Å²) in [6.45, 7) is 1.91. The van der Waals surface area contributed by atoms with Crippen molar-refractivity contribution in [1.82, 2.24) is 4.31 Å². The van der Waals surface area contributed by atoms with Crippen molar-refractivity contribution in [3.8, 4) is 0 Å².